The number of anilines is 1. The third-order valence-corrected chi connectivity index (χ3v) is 8.24. The van der Waals surface area contributed by atoms with E-state index in [-0.39, 0.29) is 17.9 Å². The molecule has 4 rings (SSSR count). The number of benzene rings is 2. The van der Waals surface area contributed by atoms with Gasteiger partial charge < -0.3 is 14.9 Å². The summed E-state index contributed by atoms with van der Waals surface area (Å²) in [6.45, 7) is 11.2. The van der Waals surface area contributed by atoms with Crippen LogP contribution in [0.2, 0.25) is 0 Å². The standard InChI is InChI=1S/C31H42N2O2/c1-5-32(6-2)27-17-15-26(16-18-27)30-28-9-7-8-20-31(28,35)21-22-33(30)29(34)19-12-24-10-13-25(14-11-24)23(3)4/h10-19,23,28,30,35H,5-9,20-22H2,1-4H3/b19-12+/t28-,30+,31-/m1/s1. The van der Waals surface area contributed by atoms with Crippen LogP contribution in [0.1, 0.15) is 88.4 Å². The third-order valence-electron chi connectivity index (χ3n) is 8.24. The summed E-state index contributed by atoms with van der Waals surface area (Å²) >= 11 is 0. The Morgan fingerprint density at radius 1 is 1.06 bits per heavy atom. The SMILES string of the molecule is CCN(CC)c1ccc([C@H]2[C@H]3CCCC[C@@]3(O)CCN2C(=O)/C=C/c2ccc(C(C)C)cc2)cc1. The fourth-order valence-corrected chi connectivity index (χ4v) is 6.07. The van der Waals surface area contributed by atoms with Gasteiger partial charge in [-0.15, -0.1) is 0 Å². The lowest BCUT2D eigenvalue weighted by Gasteiger charge is -2.52. The van der Waals surface area contributed by atoms with E-state index in [1.807, 2.05) is 11.0 Å². The molecule has 0 bridgehead atoms. The first kappa shape index (κ1) is 25.5. The third kappa shape index (κ3) is 5.48. The van der Waals surface area contributed by atoms with E-state index < -0.39 is 5.60 Å². The van der Waals surface area contributed by atoms with E-state index in [4.69, 9.17) is 0 Å². The van der Waals surface area contributed by atoms with Crippen molar-refractivity contribution in [3.8, 4) is 0 Å². The van der Waals surface area contributed by atoms with Crippen molar-refractivity contribution in [3.63, 3.8) is 0 Å². The Hall–Kier alpha value is -2.59. The molecule has 0 aromatic heterocycles. The normalized spacial score (nSPS) is 24.6. The number of carbonyl (C=O) groups excluding carboxylic acids is 1. The van der Waals surface area contributed by atoms with Crippen molar-refractivity contribution in [2.45, 2.75) is 77.4 Å². The zero-order valence-electron chi connectivity index (χ0n) is 21.9. The highest BCUT2D eigenvalue weighted by molar-refractivity contribution is 5.92. The van der Waals surface area contributed by atoms with Gasteiger partial charge in [-0.2, -0.15) is 0 Å². The highest BCUT2D eigenvalue weighted by Crippen LogP contribution is 2.49. The molecule has 4 heteroatoms. The Balaban J connectivity index is 1.61. The van der Waals surface area contributed by atoms with Gasteiger partial charge in [0, 0.05) is 37.3 Å². The number of rotatable bonds is 7. The van der Waals surface area contributed by atoms with E-state index in [2.05, 4.69) is 81.1 Å². The van der Waals surface area contributed by atoms with Gasteiger partial charge in [0.25, 0.3) is 0 Å². The molecule has 1 aliphatic carbocycles. The lowest BCUT2D eigenvalue weighted by molar-refractivity contribution is -0.150. The quantitative estimate of drug-likeness (QED) is 0.462. The van der Waals surface area contributed by atoms with Crippen LogP contribution in [0.3, 0.4) is 0 Å². The van der Waals surface area contributed by atoms with E-state index in [0.29, 0.717) is 18.9 Å². The molecule has 1 aliphatic heterocycles. The topological polar surface area (TPSA) is 43.8 Å². The maximum absolute atomic E-state index is 13.5. The molecule has 2 aromatic rings. The first-order valence-corrected chi connectivity index (χ1v) is 13.5. The summed E-state index contributed by atoms with van der Waals surface area (Å²) in [5, 5.41) is 11.6. The highest BCUT2D eigenvalue weighted by atomic mass is 16.3. The van der Waals surface area contributed by atoms with Crippen molar-refractivity contribution in [1.29, 1.82) is 0 Å². The minimum atomic E-state index is -0.673. The second-order valence-electron chi connectivity index (χ2n) is 10.6. The molecule has 0 radical (unpaired) electrons. The van der Waals surface area contributed by atoms with Gasteiger partial charge in [0.2, 0.25) is 5.91 Å². The van der Waals surface area contributed by atoms with Gasteiger partial charge in [-0.1, -0.05) is 63.1 Å². The number of amides is 1. The minimum absolute atomic E-state index is 0.0309. The van der Waals surface area contributed by atoms with Crippen LogP contribution in [0, 0.1) is 5.92 Å². The van der Waals surface area contributed by atoms with E-state index in [9.17, 15) is 9.90 Å². The lowest BCUT2D eigenvalue weighted by Crippen LogP contribution is -2.56. The number of fused-ring (bicyclic) bond motifs is 1. The monoisotopic (exact) mass is 474 g/mol. The zero-order chi connectivity index (χ0) is 25.0. The summed E-state index contributed by atoms with van der Waals surface area (Å²) in [6.07, 6.45) is 8.29. The number of hydrogen-bond donors (Lipinski definition) is 1. The molecule has 3 atom stereocenters. The highest BCUT2D eigenvalue weighted by Gasteiger charge is 2.49. The Bertz CT molecular complexity index is 1010. The zero-order valence-corrected chi connectivity index (χ0v) is 21.9. The van der Waals surface area contributed by atoms with Gasteiger partial charge >= 0.3 is 0 Å². The first-order chi connectivity index (χ1) is 16.9. The Morgan fingerprint density at radius 3 is 2.37 bits per heavy atom. The lowest BCUT2D eigenvalue weighted by atomic mass is 9.66. The molecule has 4 nitrogen and oxygen atoms in total. The molecule has 2 aromatic carbocycles. The average molecular weight is 475 g/mol. The Labute approximate surface area is 211 Å². The molecule has 1 amide bonds. The van der Waals surface area contributed by atoms with Crippen LogP contribution in [0.5, 0.6) is 0 Å². The Kier molecular flexibility index (Phi) is 8.01. The molecule has 188 valence electrons. The van der Waals surface area contributed by atoms with Gasteiger partial charge in [-0.25, -0.2) is 0 Å². The van der Waals surface area contributed by atoms with Gasteiger partial charge in [0.1, 0.15) is 0 Å². The van der Waals surface area contributed by atoms with Crippen molar-refractivity contribution in [1.82, 2.24) is 4.90 Å². The summed E-state index contributed by atoms with van der Waals surface area (Å²) in [5.41, 5.74) is 4.00. The number of carbonyl (C=O) groups is 1. The number of piperidine rings is 1. The first-order valence-electron chi connectivity index (χ1n) is 13.5. The second-order valence-corrected chi connectivity index (χ2v) is 10.6. The van der Waals surface area contributed by atoms with Crippen molar-refractivity contribution in [2.75, 3.05) is 24.5 Å². The van der Waals surface area contributed by atoms with Gasteiger partial charge in [-0.3, -0.25) is 4.79 Å². The van der Waals surface area contributed by atoms with Crippen molar-refractivity contribution < 1.29 is 9.90 Å². The van der Waals surface area contributed by atoms with Gasteiger partial charge in [0.05, 0.1) is 11.6 Å². The van der Waals surface area contributed by atoms with E-state index in [1.54, 1.807) is 6.08 Å². The smallest absolute Gasteiger partial charge is 0.247 e. The second kappa shape index (κ2) is 11.0. The molecule has 35 heavy (non-hydrogen) atoms. The summed E-state index contributed by atoms with van der Waals surface area (Å²) in [4.78, 5) is 17.9. The fraction of sp³-hybridized carbons (Fsp3) is 0.516. The van der Waals surface area contributed by atoms with Gasteiger partial charge in [-0.05, 0) is 73.9 Å². The van der Waals surface area contributed by atoms with E-state index in [1.165, 1.54) is 11.3 Å². The number of aliphatic hydroxyl groups is 1. The van der Waals surface area contributed by atoms with Crippen LogP contribution in [0.4, 0.5) is 5.69 Å². The Morgan fingerprint density at radius 2 is 1.74 bits per heavy atom. The predicted octanol–water partition coefficient (Wildman–Crippen LogP) is 6.56. The number of nitrogens with zero attached hydrogens (tertiary/aromatic N) is 2. The summed E-state index contributed by atoms with van der Waals surface area (Å²) in [5.74, 6) is 0.599. The van der Waals surface area contributed by atoms with Crippen LogP contribution in [0.25, 0.3) is 6.08 Å². The van der Waals surface area contributed by atoms with Crippen LogP contribution in [-0.2, 0) is 4.79 Å². The summed E-state index contributed by atoms with van der Waals surface area (Å²) in [7, 11) is 0. The minimum Gasteiger partial charge on any atom is -0.389 e. The van der Waals surface area contributed by atoms with Crippen molar-refractivity contribution in [2.24, 2.45) is 5.92 Å². The van der Waals surface area contributed by atoms with E-state index in [0.717, 1.165) is 49.9 Å². The molecule has 1 N–H and O–H groups in total. The maximum Gasteiger partial charge on any atom is 0.247 e. The maximum atomic E-state index is 13.5. The molecular weight excluding hydrogens is 432 g/mol. The predicted molar refractivity (Wildman–Crippen MR) is 146 cm³/mol. The molecule has 0 spiro atoms. The molecule has 2 aliphatic rings. The average Bonchev–Trinajstić information content (AvgIpc) is 2.87. The summed E-state index contributed by atoms with van der Waals surface area (Å²) < 4.78 is 0. The molecule has 1 saturated carbocycles. The van der Waals surface area contributed by atoms with Crippen molar-refractivity contribution in [3.05, 3.63) is 71.3 Å². The fourth-order valence-electron chi connectivity index (χ4n) is 6.07. The van der Waals surface area contributed by atoms with Gasteiger partial charge in [0.15, 0.2) is 0 Å². The molecule has 1 heterocycles. The summed E-state index contributed by atoms with van der Waals surface area (Å²) in [6, 6.07) is 17.0. The van der Waals surface area contributed by atoms with Crippen LogP contribution in [0.15, 0.2) is 54.6 Å². The van der Waals surface area contributed by atoms with Crippen molar-refractivity contribution >= 4 is 17.7 Å². The molecular formula is C31H42N2O2. The van der Waals surface area contributed by atoms with Crippen LogP contribution in [-0.4, -0.2) is 41.1 Å². The largest absolute Gasteiger partial charge is 0.389 e. The van der Waals surface area contributed by atoms with Crippen LogP contribution < -0.4 is 4.90 Å². The van der Waals surface area contributed by atoms with Crippen LogP contribution >= 0.6 is 0 Å². The number of hydrogen-bond acceptors (Lipinski definition) is 3. The molecule has 2 fully saturated rings. The molecule has 1 saturated heterocycles. The number of likely N-dealkylation sites (tertiary alicyclic amines) is 1. The van der Waals surface area contributed by atoms with E-state index >= 15 is 0 Å². The molecule has 0 unspecified atom stereocenters.